The minimum atomic E-state index is -4.42. The number of alkyl halides is 3. The van der Waals surface area contributed by atoms with Gasteiger partial charge in [-0.2, -0.15) is 18.3 Å². The maximum atomic E-state index is 12.7. The molecule has 32 heavy (non-hydrogen) atoms. The highest BCUT2D eigenvalue weighted by atomic mass is 19.4. The van der Waals surface area contributed by atoms with Gasteiger partial charge in [0.1, 0.15) is 12.4 Å². The fraction of sp³-hybridized carbons (Fsp3) is 0.227. The SMILES string of the molecule is CC(C)(Oc1ccc(C(=O)OCc2cnn(-c3ccc(C(F)(F)F)cc3)c2)cc1)C(=O)O. The van der Waals surface area contributed by atoms with Crippen molar-refractivity contribution in [2.24, 2.45) is 0 Å². The van der Waals surface area contributed by atoms with Crippen molar-refractivity contribution in [1.82, 2.24) is 9.78 Å². The Kier molecular flexibility index (Phi) is 6.24. The van der Waals surface area contributed by atoms with E-state index in [2.05, 4.69) is 5.10 Å². The zero-order valence-corrected chi connectivity index (χ0v) is 17.1. The van der Waals surface area contributed by atoms with Gasteiger partial charge in [0.25, 0.3) is 0 Å². The van der Waals surface area contributed by atoms with Gasteiger partial charge < -0.3 is 14.6 Å². The molecule has 0 saturated heterocycles. The van der Waals surface area contributed by atoms with E-state index in [-0.39, 0.29) is 17.9 Å². The number of ether oxygens (including phenoxy) is 2. The fourth-order valence-electron chi connectivity index (χ4n) is 2.61. The predicted octanol–water partition coefficient (Wildman–Crippen LogP) is 4.49. The number of rotatable bonds is 7. The predicted molar refractivity (Wildman–Crippen MR) is 106 cm³/mol. The van der Waals surface area contributed by atoms with Crippen LogP contribution in [-0.2, 0) is 22.3 Å². The van der Waals surface area contributed by atoms with Gasteiger partial charge in [-0.15, -0.1) is 0 Å². The normalized spacial score (nSPS) is 11.8. The molecule has 0 unspecified atom stereocenters. The number of carbonyl (C=O) groups excluding carboxylic acids is 1. The van der Waals surface area contributed by atoms with E-state index >= 15 is 0 Å². The lowest BCUT2D eigenvalue weighted by Crippen LogP contribution is -2.37. The monoisotopic (exact) mass is 448 g/mol. The fourth-order valence-corrected chi connectivity index (χ4v) is 2.61. The molecule has 1 aromatic heterocycles. The first kappa shape index (κ1) is 22.9. The maximum absolute atomic E-state index is 12.7. The summed E-state index contributed by atoms with van der Waals surface area (Å²) in [7, 11) is 0. The van der Waals surface area contributed by atoms with Crippen molar-refractivity contribution in [1.29, 1.82) is 0 Å². The summed E-state index contributed by atoms with van der Waals surface area (Å²) in [6.07, 6.45) is -1.44. The van der Waals surface area contributed by atoms with E-state index in [4.69, 9.17) is 14.6 Å². The van der Waals surface area contributed by atoms with Crippen molar-refractivity contribution < 1.29 is 37.3 Å². The van der Waals surface area contributed by atoms with Gasteiger partial charge in [-0.25, -0.2) is 14.3 Å². The number of esters is 1. The molecular formula is C22H19F3N2O5. The molecule has 0 radical (unpaired) electrons. The second-order valence-corrected chi connectivity index (χ2v) is 7.36. The van der Waals surface area contributed by atoms with Crippen LogP contribution in [0.4, 0.5) is 13.2 Å². The molecule has 0 aliphatic rings. The smallest absolute Gasteiger partial charge is 0.416 e. The third-order valence-electron chi connectivity index (χ3n) is 4.44. The van der Waals surface area contributed by atoms with Gasteiger partial charge in [0.05, 0.1) is 23.0 Å². The summed E-state index contributed by atoms with van der Waals surface area (Å²) in [6.45, 7) is 2.72. The topological polar surface area (TPSA) is 90.7 Å². The van der Waals surface area contributed by atoms with Gasteiger partial charge in [-0.1, -0.05) is 0 Å². The first-order valence-corrected chi connectivity index (χ1v) is 9.36. The quantitative estimate of drug-likeness (QED) is 0.536. The minimum Gasteiger partial charge on any atom is -0.478 e. The molecule has 7 nitrogen and oxygen atoms in total. The van der Waals surface area contributed by atoms with Crippen molar-refractivity contribution in [3.8, 4) is 11.4 Å². The highest BCUT2D eigenvalue weighted by Crippen LogP contribution is 2.29. The van der Waals surface area contributed by atoms with Crippen LogP contribution in [0.5, 0.6) is 5.75 Å². The molecule has 1 N–H and O–H groups in total. The summed E-state index contributed by atoms with van der Waals surface area (Å²) in [5.41, 5.74) is -0.974. The molecule has 0 amide bonds. The Labute approximate surface area is 181 Å². The van der Waals surface area contributed by atoms with E-state index in [9.17, 15) is 22.8 Å². The Morgan fingerprint density at radius 1 is 1.03 bits per heavy atom. The van der Waals surface area contributed by atoms with Crippen LogP contribution in [0.15, 0.2) is 60.9 Å². The van der Waals surface area contributed by atoms with Gasteiger partial charge in [0, 0.05) is 11.8 Å². The number of nitrogens with zero attached hydrogens (tertiary/aromatic N) is 2. The van der Waals surface area contributed by atoms with Gasteiger partial charge >= 0.3 is 18.1 Å². The summed E-state index contributed by atoms with van der Waals surface area (Å²) in [5, 5.41) is 13.2. The zero-order valence-electron chi connectivity index (χ0n) is 17.1. The highest BCUT2D eigenvalue weighted by Gasteiger charge is 2.30. The van der Waals surface area contributed by atoms with Crippen molar-refractivity contribution in [3.05, 3.63) is 77.6 Å². The van der Waals surface area contributed by atoms with Crippen molar-refractivity contribution >= 4 is 11.9 Å². The molecule has 2 aromatic carbocycles. The van der Waals surface area contributed by atoms with E-state index < -0.39 is 29.3 Å². The molecule has 0 aliphatic carbocycles. The summed E-state index contributed by atoms with van der Waals surface area (Å²) < 4.78 is 50.0. The van der Waals surface area contributed by atoms with Crippen LogP contribution in [-0.4, -0.2) is 32.4 Å². The molecule has 168 valence electrons. The van der Waals surface area contributed by atoms with E-state index in [0.29, 0.717) is 11.3 Å². The van der Waals surface area contributed by atoms with Crippen LogP contribution < -0.4 is 4.74 Å². The number of aliphatic carboxylic acids is 1. The molecule has 0 saturated carbocycles. The number of carboxylic acids is 1. The van der Waals surface area contributed by atoms with Crippen LogP contribution in [0.2, 0.25) is 0 Å². The third-order valence-corrected chi connectivity index (χ3v) is 4.44. The number of benzene rings is 2. The Bertz CT molecular complexity index is 1100. The van der Waals surface area contributed by atoms with Gasteiger partial charge in [0.2, 0.25) is 0 Å². The Morgan fingerprint density at radius 3 is 2.22 bits per heavy atom. The van der Waals surface area contributed by atoms with Crippen LogP contribution in [0.3, 0.4) is 0 Å². The van der Waals surface area contributed by atoms with Gasteiger partial charge in [-0.3, -0.25) is 0 Å². The van der Waals surface area contributed by atoms with E-state index in [0.717, 1.165) is 12.1 Å². The lowest BCUT2D eigenvalue weighted by molar-refractivity contribution is -0.152. The molecule has 0 atom stereocenters. The number of hydrogen-bond donors (Lipinski definition) is 1. The lowest BCUT2D eigenvalue weighted by atomic mass is 10.1. The number of hydrogen-bond acceptors (Lipinski definition) is 5. The molecule has 1 heterocycles. The van der Waals surface area contributed by atoms with Crippen molar-refractivity contribution in [3.63, 3.8) is 0 Å². The number of carboxylic acid groups (broad SMARTS) is 1. The number of aromatic nitrogens is 2. The summed E-state index contributed by atoms with van der Waals surface area (Å²) in [4.78, 5) is 23.4. The first-order valence-electron chi connectivity index (χ1n) is 9.36. The number of carbonyl (C=O) groups is 2. The Morgan fingerprint density at radius 2 is 1.66 bits per heavy atom. The molecule has 3 rings (SSSR count). The summed E-state index contributed by atoms with van der Waals surface area (Å²) in [6, 6.07) is 10.3. The van der Waals surface area contributed by atoms with Crippen LogP contribution in [0.1, 0.15) is 35.3 Å². The second-order valence-electron chi connectivity index (χ2n) is 7.36. The molecule has 0 spiro atoms. The number of halogens is 3. The standard InChI is InChI=1S/C22H19F3N2O5/c1-21(2,20(29)30)32-18-9-3-15(4-10-18)19(28)31-13-14-11-26-27(12-14)17-7-5-16(6-8-17)22(23,24)25/h3-12H,13H2,1-2H3,(H,29,30). The van der Waals surface area contributed by atoms with Crippen LogP contribution in [0, 0.1) is 0 Å². The minimum absolute atomic E-state index is 0.0935. The Balaban J connectivity index is 1.59. The molecule has 3 aromatic rings. The van der Waals surface area contributed by atoms with Crippen molar-refractivity contribution in [2.45, 2.75) is 32.2 Å². The first-order chi connectivity index (χ1) is 15.0. The molecule has 0 fully saturated rings. The average Bonchev–Trinajstić information content (AvgIpc) is 3.21. The van der Waals surface area contributed by atoms with Gasteiger partial charge in [0.15, 0.2) is 5.60 Å². The average molecular weight is 448 g/mol. The molecular weight excluding hydrogens is 429 g/mol. The lowest BCUT2D eigenvalue weighted by Gasteiger charge is -2.21. The zero-order chi connectivity index (χ0) is 23.5. The second kappa shape index (κ2) is 8.74. The maximum Gasteiger partial charge on any atom is 0.416 e. The third kappa shape index (κ3) is 5.45. The molecule has 10 heteroatoms. The molecule has 0 bridgehead atoms. The summed E-state index contributed by atoms with van der Waals surface area (Å²) in [5.74, 6) is -1.46. The molecule has 0 aliphatic heterocycles. The largest absolute Gasteiger partial charge is 0.478 e. The van der Waals surface area contributed by atoms with E-state index in [1.54, 1.807) is 6.20 Å². The Hall–Kier alpha value is -3.82. The van der Waals surface area contributed by atoms with Crippen molar-refractivity contribution in [2.75, 3.05) is 0 Å². The van der Waals surface area contributed by atoms with Crippen LogP contribution >= 0.6 is 0 Å². The van der Waals surface area contributed by atoms with Gasteiger partial charge in [-0.05, 0) is 62.4 Å². The summed E-state index contributed by atoms with van der Waals surface area (Å²) >= 11 is 0. The van der Waals surface area contributed by atoms with Crippen LogP contribution in [0.25, 0.3) is 5.69 Å². The van der Waals surface area contributed by atoms with E-state index in [1.807, 2.05) is 0 Å². The van der Waals surface area contributed by atoms with E-state index in [1.165, 1.54) is 61.1 Å². The highest BCUT2D eigenvalue weighted by molar-refractivity contribution is 5.89.